The standard InChI is InChI=1S/C24H19NO5/c1-28-18-9-5-15(6-10-18)23-14-21(20-13-19(29-2)11-12-22(20)30-23)25-17-7-3-16(4-8-17)24(26)27/h3-14H,1-2H3,(H,26,27). The number of hydrogen-bond acceptors (Lipinski definition) is 5. The van der Waals surface area contributed by atoms with Crippen LogP contribution in [-0.4, -0.2) is 25.3 Å². The molecule has 0 aliphatic heterocycles. The van der Waals surface area contributed by atoms with Crippen molar-refractivity contribution in [3.8, 4) is 22.8 Å². The molecule has 0 fully saturated rings. The minimum absolute atomic E-state index is 0.211. The van der Waals surface area contributed by atoms with Gasteiger partial charge >= 0.3 is 5.97 Å². The van der Waals surface area contributed by atoms with Crippen LogP contribution >= 0.6 is 0 Å². The number of carbonyl (C=O) groups is 1. The number of methoxy groups -OCH3 is 2. The molecule has 0 atom stereocenters. The highest BCUT2D eigenvalue weighted by atomic mass is 16.5. The first-order valence-corrected chi connectivity index (χ1v) is 9.22. The molecule has 0 aliphatic carbocycles. The fourth-order valence-electron chi connectivity index (χ4n) is 3.08. The maximum absolute atomic E-state index is 11.1. The minimum atomic E-state index is -0.975. The van der Waals surface area contributed by atoms with E-state index < -0.39 is 5.97 Å². The van der Waals surface area contributed by atoms with Crippen LogP contribution in [-0.2, 0) is 0 Å². The molecule has 1 aromatic heterocycles. The maximum Gasteiger partial charge on any atom is 0.335 e. The molecule has 0 saturated carbocycles. The fourth-order valence-corrected chi connectivity index (χ4v) is 3.08. The number of hydrogen-bond donors (Lipinski definition) is 1. The molecule has 6 heteroatoms. The molecule has 0 spiro atoms. The van der Waals surface area contributed by atoms with Crippen LogP contribution in [0.2, 0.25) is 0 Å². The summed E-state index contributed by atoms with van der Waals surface area (Å²) in [5, 5.41) is 10.6. The lowest BCUT2D eigenvalue weighted by atomic mass is 10.1. The number of ether oxygens (including phenoxy) is 2. The van der Waals surface area contributed by atoms with E-state index in [1.54, 1.807) is 26.4 Å². The Balaban J connectivity index is 1.91. The Bertz CT molecular complexity index is 1270. The zero-order valence-electron chi connectivity index (χ0n) is 16.5. The van der Waals surface area contributed by atoms with E-state index in [4.69, 9.17) is 24.0 Å². The predicted octanol–water partition coefficient (Wildman–Crippen LogP) is 5.05. The van der Waals surface area contributed by atoms with Crippen molar-refractivity contribution >= 4 is 22.6 Å². The second kappa shape index (κ2) is 8.13. The van der Waals surface area contributed by atoms with E-state index in [1.165, 1.54) is 12.1 Å². The van der Waals surface area contributed by atoms with Gasteiger partial charge in [-0.1, -0.05) is 0 Å². The highest BCUT2D eigenvalue weighted by Gasteiger charge is 2.08. The quantitative estimate of drug-likeness (QED) is 0.506. The van der Waals surface area contributed by atoms with E-state index in [0.717, 1.165) is 16.7 Å². The minimum Gasteiger partial charge on any atom is -0.497 e. The van der Waals surface area contributed by atoms with Crippen LogP contribution in [0.1, 0.15) is 10.4 Å². The van der Waals surface area contributed by atoms with Crippen molar-refractivity contribution in [3.05, 3.63) is 83.7 Å². The monoisotopic (exact) mass is 401 g/mol. The van der Waals surface area contributed by atoms with Gasteiger partial charge < -0.3 is 19.0 Å². The summed E-state index contributed by atoms with van der Waals surface area (Å²) in [6.07, 6.45) is 0. The molecular weight excluding hydrogens is 382 g/mol. The Hall–Kier alpha value is -4.06. The summed E-state index contributed by atoms with van der Waals surface area (Å²) in [6.45, 7) is 0. The van der Waals surface area contributed by atoms with Crippen molar-refractivity contribution in [2.75, 3.05) is 14.2 Å². The third kappa shape index (κ3) is 3.89. The van der Waals surface area contributed by atoms with Crippen molar-refractivity contribution in [1.82, 2.24) is 0 Å². The number of aromatic carboxylic acids is 1. The fraction of sp³-hybridized carbons (Fsp3) is 0.0833. The van der Waals surface area contributed by atoms with Crippen molar-refractivity contribution in [2.24, 2.45) is 4.99 Å². The van der Waals surface area contributed by atoms with Gasteiger partial charge in [-0.3, -0.25) is 0 Å². The lowest BCUT2D eigenvalue weighted by Gasteiger charge is -2.07. The van der Waals surface area contributed by atoms with Gasteiger partial charge in [0.05, 0.1) is 30.8 Å². The molecule has 1 heterocycles. The molecule has 0 radical (unpaired) electrons. The molecule has 6 nitrogen and oxygen atoms in total. The largest absolute Gasteiger partial charge is 0.497 e. The van der Waals surface area contributed by atoms with Gasteiger partial charge in [0.1, 0.15) is 22.8 Å². The first-order chi connectivity index (χ1) is 14.6. The van der Waals surface area contributed by atoms with E-state index in [-0.39, 0.29) is 5.56 Å². The summed E-state index contributed by atoms with van der Waals surface area (Å²) in [6, 6.07) is 21.4. The Kier molecular flexibility index (Phi) is 5.22. The highest BCUT2D eigenvalue weighted by molar-refractivity contribution is 5.88. The lowest BCUT2D eigenvalue weighted by Crippen LogP contribution is -2.04. The highest BCUT2D eigenvalue weighted by Crippen LogP contribution is 2.26. The Morgan fingerprint density at radius 2 is 1.53 bits per heavy atom. The predicted molar refractivity (Wildman–Crippen MR) is 113 cm³/mol. The number of benzene rings is 3. The molecule has 150 valence electrons. The van der Waals surface area contributed by atoms with Crippen molar-refractivity contribution in [1.29, 1.82) is 0 Å². The van der Waals surface area contributed by atoms with Gasteiger partial charge in [-0.15, -0.1) is 0 Å². The smallest absolute Gasteiger partial charge is 0.335 e. The molecule has 3 aromatic carbocycles. The van der Waals surface area contributed by atoms with E-state index in [0.29, 0.717) is 28.1 Å². The van der Waals surface area contributed by atoms with E-state index in [1.807, 2.05) is 48.5 Å². The van der Waals surface area contributed by atoms with Gasteiger partial charge in [0, 0.05) is 17.0 Å². The van der Waals surface area contributed by atoms with Gasteiger partial charge in [0.2, 0.25) is 0 Å². The first-order valence-electron chi connectivity index (χ1n) is 9.22. The number of rotatable bonds is 5. The van der Waals surface area contributed by atoms with Crippen LogP contribution < -0.4 is 14.8 Å². The molecule has 0 bridgehead atoms. The Labute approximate surface area is 172 Å². The lowest BCUT2D eigenvalue weighted by molar-refractivity contribution is 0.0697. The average Bonchev–Trinajstić information content (AvgIpc) is 2.79. The molecule has 4 rings (SSSR count). The molecule has 0 aliphatic rings. The zero-order chi connectivity index (χ0) is 21.1. The molecule has 30 heavy (non-hydrogen) atoms. The van der Waals surface area contributed by atoms with Gasteiger partial charge in [-0.2, -0.15) is 0 Å². The number of fused-ring (bicyclic) bond motifs is 1. The summed E-state index contributed by atoms with van der Waals surface area (Å²) in [5.74, 6) is 1.12. The number of carboxylic acids is 1. The first kappa shape index (κ1) is 19.3. The van der Waals surface area contributed by atoms with Gasteiger partial charge in [0.25, 0.3) is 0 Å². The van der Waals surface area contributed by atoms with Crippen LogP contribution in [0.5, 0.6) is 11.5 Å². The van der Waals surface area contributed by atoms with Gasteiger partial charge in [-0.05, 0) is 66.7 Å². The van der Waals surface area contributed by atoms with E-state index in [2.05, 4.69) is 0 Å². The van der Waals surface area contributed by atoms with E-state index in [9.17, 15) is 4.79 Å². The molecule has 0 unspecified atom stereocenters. The summed E-state index contributed by atoms with van der Waals surface area (Å²) in [5.41, 5.74) is 2.38. The summed E-state index contributed by atoms with van der Waals surface area (Å²) >= 11 is 0. The summed E-state index contributed by atoms with van der Waals surface area (Å²) in [4.78, 5) is 15.8. The van der Waals surface area contributed by atoms with Crippen LogP contribution in [0.25, 0.3) is 22.3 Å². The topological polar surface area (TPSA) is 81.3 Å². The third-order valence-corrected chi connectivity index (χ3v) is 4.69. The van der Waals surface area contributed by atoms with Gasteiger partial charge in [-0.25, -0.2) is 9.79 Å². The van der Waals surface area contributed by atoms with Crippen LogP contribution in [0.3, 0.4) is 0 Å². The second-order valence-corrected chi connectivity index (χ2v) is 6.55. The zero-order valence-corrected chi connectivity index (χ0v) is 16.5. The van der Waals surface area contributed by atoms with Crippen LogP contribution in [0.15, 0.2) is 82.2 Å². The third-order valence-electron chi connectivity index (χ3n) is 4.69. The van der Waals surface area contributed by atoms with Gasteiger partial charge in [0.15, 0.2) is 0 Å². The molecule has 0 saturated heterocycles. The summed E-state index contributed by atoms with van der Waals surface area (Å²) in [7, 11) is 3.22. The van der Waals surface area contributed by atoms with Crippen LogP contribution in [0, 0.1) is 0 Å². The van der Waals surface area contributed by atoms with Crippen molar-refractivity contribution in [2.45, 2.75) is 0 Å². The molecular formula is C24H19NO5. The van der Waals surface area contributed by atoms with Crippen LogP contribution in [0.4, 0.5) is 5.69 Å². The Morgan fingerprint density at radius 3 is 2.17 bits per heavy atom. The Morgan fingerprint density at radius 1 is 0.867 bits per heavy atom. The maximum atomic E-state index is 11.1. The molecule has 1 N–H and O–H groups in total. The van der Waals surface area contributed by atoms with Crippen molar-refractivity contribution < 1.29 is 23.8 Å². The summed E-state index contributed by atoms with van der Waals surface area (Å²) < 4.78 is 16.7. The van der Waals surface area contributed by atoms with Crippen molar-refractivity contribution in [3.63, 3.8) is 0 Å². The average molecular weight is 401 g/mol. The second-order valence-electron chi connectivity index (χ2n) is 6.55. The molecule has 0 amide bonds. The SMILES string of the molecule is COc1ccc(-c2cc(=Nc3ccc(C(=O)O)cc3)c3cc(OC)ccc3o2)cc1. The van der Waals surface area contributed by atoms with E-state index >= 15 is 0 Å². The number of nitrogens with zero attached hydrogens (tertiary/aromatic N) is 1. The normalized spacial score (nSPS) is 11.5. The number of carboxylic acid groups (broad SMARTS) is 1. The molecule has 4 aromatic rings.